The minimum Gasteiger partial charge on any atom is -0.496 e. The molecule has 4 atom stereocenters. The Morgan fingerprint density at radius 2 is 1.90 bits per heavy atom. The van der Waals surface area contributed by atoms with Gasteiger partial charge in [-0.1, -0.05) is 39.8 Å². The van der Waals surface area contributed by atoms with Crippen molar-refractivity contribution in [3.8, 4) is 5.75 Å². The fourth-order valence-electron chi connectivity index (χ4n) is 5.16. The number of hydrogen-bond donors (Lipinski definition) is 0. The average Bonchev–Trinajstić information content (AvgIpc) is 3.10. The zero-order chi connectivity index (χ0) is 22.3. The average molecular weight is 416 g/mol. The molecule has 4 fully saturated rings. The second-order valence-corrected chi connectivity index (χ2v) is 10.0. The molecule has 2 bridgehead atoms. The molecule has 5 nitrogen and oxygen atoms in total. The molecular weight excluding hydrogens is 379 g/mol. The van der Waals surface area contributed by atoms with Crippen LogP contribution in [0.4, 0.5) is 0 Å². The van der Waals surface area contributed by atoms with E-state index in [1.807, 2.05) is 46.8 Å². The lowest BCUT2D eigenvalue weighted by Crippen LogP contribution is -2.59. The Morgan fingerprint density at radius 3 is 2.50 bits per heavy atom. The highest BCUT2D eigenvalue weighted by atomic mass is 16.7. The maximum absolute atomic E-state index is 12.6. The van der Waals surface area contributed by atoms with Crippen molar-refractivity contribution in [1.82, 2.24) is 0 Å². The summed E-state index contributed by atoms with van der Waals surface area (Å²) in [5, 5.41) is 0. The van der Waals surface area contributed by atoms with Crippen molar-refractivity contribution < 1.29 is 23.6 Å². The molecule has 1 heterocycles. The van der Waals surface area contributed by atoms with Gasteiger partial charge in [0.05, 0.1) is 19.3 Å². The van der Waals surface area contributed by atoms with Gasteiger partial charge in [0.2, 0.25) is 0 Å². The summed E-state index contributed by atoms with van der Waals surface area (Å²) in [5.74, 6) is 1.49. The fraction of sp³-hybridized carbons (Fsp3) is 0.708. The normalized spacial score (nSPS) is 28.6. The van der Waals surface area contributed by atoms with E-state index in [0.29, 0.717) is 29.0 Å². The van der Waals surface area contributed by atoms with Gasteiger partial charge < -0.3 is 18.8 Å². The molecule has 0 radical (unpaired) electrons. The molecule has 30 heavy (non-hydrogen) atoms. The summed E-state index contributed by atoms with van der Waals surface area (Å²) in [6.07, 6.45) is 3.28. The Bertz CT molecular complexity index is 769. The molecule has 166 valence electrons. The largest absolute Gasteiger partial charge is 0.496 e. The van der Waals surface area contributed by atoms with E-state index in [9.17, 15) is 4.79 Å². The number of hydrogen-bond acceptors (Lipinski definition) is 5. The molecule has 1 aromatic carbocycles. The molecule has 0 amide bonds. The molecule has 4 unspecified atom stereocenters. The molecule has 0 aromatic heterocycles. The highest BCUT2D eigenvalue weighted by Gasteiger charge is 2.61. The van der Waals surface area contributed by atoms with Crippen LogP contribution in [0.2, 0.25) is 0 Å². The van der Waals surface area contributed by atoms with E-state index in [0.717, 1.165) is 17.9 Å². The lowest BCUT2D eigenvalue weighted by atomic mass is 9.47. The van der Waals surface area contributed by atoms with Gasteiger partial charge in [0.1, 0.15) is 16.9 Å². The van der Waals surface area contributed by atoms with E-state index in [1.165, 1.54) is 6.42 Å². The van der Waals surface area contributed by atoms with Gasteiger partial charge in [0, 0.05) is 6.32 Å². The van der Waals surface area contributed by atoms with Crippen LogP contribution in [0.25, 0.3) is 0 Å². The molecule has 5 rings (SSSR count). The number of carbonyl (C=O) groups excluding carboxylic acids is 1. The number of carbonyl (C=O) groups is 1. The monoisotopic (exact) mass is 416 g/mol. The third-order valence-corrected chi connectivity index (χ3v) is 6.77. The van der Waals surface area contributed by atoms with E-state index in [1.54, 1.807) is 13.2 Å². The van der Waals surface area contributed by atoms with Crippen LogP contribution in [0.3, 0.4) is 0 Å². The van der Waals surface area contributed by atoms with E-state index in [4.69, 9.17) is 18.8 Å². The van der Waals surface area contributed by atoms with Crippen molar-refractivity contribution in [3.05, 3.63) is 29.3 Å². The van der Waals surface area contributed by atoms with Crippen molar-refractivity contribution in [1.29, 1.82) is 0 Å². The molecule has 0 spiro atoms. The first-order chi connectivity index (χ1) is 14.1. The molecule has 3 aliphatic carbocycles. The van der Waals surface area contributed by atoms with Gasteiger partial charge in [-0.3, -0.25) is 0 Å². The maximum Gasteiger partial charge on any atom is 0.462 e. The lowest BCUT2D eigenvalue weighted by molar-refractivity contribution is -0.150. The highest BCUT2D eigenvalue weighted by Crippen LogP contribution is 2.61. The van der Waals surface area contributed by atoms with Crippen LogP contribution < -0.4 is 4.74 Å². The number of benzene rings is 1. The van der Waals surface area contributed by atoms with E-state index >= 15 is 0 Å². The number of methoxy groups -OCH3 is 1. The predicted molar refractivity (Wildman–Crippen MR) is 119 cm³/mol. The number of esters is 1. The molecule has 4 aliphatic rings. The highest BCUT2D eigenvalue weighted by molar-refractivity contribution is 6.44. The van der Waals surface area contributed by atoms with Crippen LogP contribution in [0.1, 0.15) is 77.2 Å². The zero-order valence-corrected chi connectivity index (χ0v) is 19.8. The summed E-state index contributed by atoms with van der Waals surface area (Å²) in [5.41, 5.74) is 1.14. The minimum absolute atomic E-state index is 0.185. The number of ether oxygens (including phenoxy) is 2. The summed E-state index contributed by atoms with van der Waals surface area (Å²) >= 11 is 0. The van der Waals surface area contributed by atoms with E-state index in [-0.39, 0.29) is 25.3 Å². The second-order valence-electron chi connectivity index (χ2n) is 10.0. The Hall–Kier alpha value is -1.53. The summed E-state index contributed by atoms with van der Waals surface area (Å²) in [6.45, 7) is 14.3. The van der Waals surface area contributed by atoms with E-state index in [2.05, 4.69) is 13.8 Å². The van der Waals surface area contributed by atoms with Gasteiger partial charge in [-0.15, -0.1) is 0 Å². The van der Waals surface area contributed by atoms with Crippen LogP contribution in [0, 0.1) is 17.3 Å². The summed E-state index contributed by atoms with van der Waals surface area (Å²) in [4.78, 5) is 12.6. The van der Waals surface area contributed by atoms with Crippen molar-refractivity contribution in [2.75, 3.05) is 7.11 Å². The lowest BCUT2D eigenvalue weighted by Gasteiger charge is -2.60. The van der Waals surface area contributed by atoms with Crippen LogP contribution in [0.5, 0.6) is 5.75 Å². The summed E-state index contributed by atoms with van der Waals surface area (Å²) in [6, 6.07) is 5.56. The summed E-state index contributed by atoms with van der Waals surface area (Å²) < 4.78 is 23.7. The predicted octanol–water partition coefficient (Wildman–Crippen LogP) is 5.10. The standard InChI is InChI=1S/C22H31BO5.C2H6/c1-21(2,3)26-20(24)15-9-7-8-13(18(15)25-6)12-23-27-17-11-14-10-16(19(17)28-23)22(14,4)5;1-2/h7-9,14,16-17,19H,10-12H2,1-6H3;1-2H3. The van der Waals surface area contributed by atoms with Gasteiger partial charge >= 0.3 is 13.1 Å². The van der Waals surface area contributed by atoms with Crippen molar-refractivity contribution in [3.63, 3.8) is 0 Å². The first kappa shape index (κ1) is 23.1. The number of para-hydroxylation sites is 1. The minimum atomic E-state index is -0.556. The van der Waals surface area contributed by atoms with Crippen molar-refractivity contribution in [2.45, 2.75) is 85.4 Å². The van der Waals surface area contributed by atoms with Crippen molar-refractivity contribution >= 4 is 13.1 Å². The quantitative estimate of drug-likeness (QED) is 0.505. The molecule has 1 aromatic rings. The number of rotatable bonds is 4. The first-order valence-corrected chi connectivity index (χ1v) is 11.3. The smallest absolute Gasteiger partial charge is 0.462 e. The Labute approximate surface area is 181 Å². The van der Waals surface area contributed by atoms with Crippen LogP contribution in [-0.4, -0.2) is 38.0 Å². The van der Waals surface area contributed by atoms with Gasteiger partial charge in [-0.2, -0.15) is 0 Å². The zero-order valence-electron chi connectivity index (χ0n) is 19.8. The van der Waals surface area contributed by atoms with Crippen LogP contribution in [0.15, 0.2) is 18.2 Å². The second kappa shape index (κ2) is 8.54. The Morgan fingerprint density at radius 1 is 1.20 bits per heavy atom. The molecule has 3 saturated carbocycles. The SMILES string of the molecule is CC.COc1c(CB2OC3CC4CC(C3O2)C4(C)C)cccc1C(=O)OC(C)(C)C. The van der Waals surface area contributed by atoms with Gasteiger partial charge in [-0.05, 0) is 62.5 Å². The van der Waals surface area contributed by atoms with Gasteiger partial charge in [0.15, 0.2) is 0 Å². The van der Waals surface area contributed by atoms with Gasteiger partial charge in [0.25, 0.3) is 0 Å². The van der Waals surface area contributed by atoms with E-state index < -0.39 is 5.60 Å². The Balaban J connectivity index is 0.00000124. The van der Waals surface area contributed by atoms with Gasteiger partial charge in [-0.25, -0.2) is 4.79 Å². The molecule has 0 N–H and O–H groups in total. The topological polar surface area (TPSA) is 54.0 Å². The summed E-state index contributed by atoms with van der Waals surface area (Å²) in [7, 11) is 1.29. The maximum atomic E-state index is 12.6. The molecule has 1 saturated heterocycles. The molecule has 1 aliphatic heterocycles. The van der Waals surface area contributed by atoms with Crippen molar-refractivity contribution in [2.24, 2.45) is 17.3 Å². The molecular formula is C24H37BO5. The van der Waals surface area contributed by atoms with Crippen LogP contribution >= 0.6 is 0 Å². The fourth-order valence-corrected chi connectivity index (χ4v) is 5.16. The molecule has 6 heteroatoms. The first-order valence-electron chi connectivity index (χ1n) is 11.3. The third kappa shape index (κ3) is 4.26. The van der Waals surface area contributed by atoms with Crippen LogP contribution in [-0.2, 0) is 20.4 Å². The Kier molecular flexibility index (Phi) is 6.59. The third-order valence-electron chi connectivity index (χ3n) is 6.77.